The van der Waals surface area contributed by atoms with E-state index < -0.39 is 11.5 Å². The molecule has 0 spiro atoms. The van der Waals surface area contributed by atoms with E-state index in [0.717, 1.165) is 12.8 Å². The van der Waals surface area contributed by atoms with Crippen LogP contribution in [0.5, 0.6) is 5.75 Å². The zero-order valence-corrected chi connectivity index (χ0v) is 14.9. The number of carbonyl (C=O) groups is 1. The third-order valence-electron chi connectivity index (χ3n) is 4.17. The van der Waals surface area contributed by atoms with Crippen molar-refractivity contribution in [3.05, 3.63) is 70.3 Å². The first-order valence-corrected chi connectivity index (χ1v) is 8.71. The van der Waals surface area contributed by atoms with Gasteiger partial charge >= 0.3 is 0 Å². The molecule has 0 bridgehead atoms. The van der Waals surface area contributed by atoms with E-state index in [4.69, 9.17) is 0 Å². The lowest BCUT2D eigenvalue weighted by molar-refractivity contribution is 0.0950. The van der Waals surface area contributed by atoms with Crippen molar-refractivity contribution in [3.63, 3.8) is 0 Å². The number of amides is 1. The lowest BCUT2D eigenvalue weighted by Crippen LogP contribution is -2.31. The number of hydrogen-bond acceptors (Lipinski definition) is 5. The highest BCUT2D eigenvalue weighted by molar-refractivity contribution is 6.02. The van der Waals surface area contributed by atoms with E-state index in [0.29, 0.717) is 23.0 Å². The Kier molecular flexibility index (Phi) is 5.61. The van der Waals surface area contributed by atoms with Crippen LogP contribution in [0.3, 0.4) is 0 Å². The van der Waals surface area contributed by atoms with E-state index in [1.807, 2.05) is 6.92 Å². The van der Waals surface area contributed by atoms with Crippen molar-refractivity contribution in [2.45, 2.75) is 26.3 Å². The molecule has 27 heavy (non-hydrogen) atoms. The number of aromatic nitrogens is 2. The van der Waals surface area contributed by atoms with Crippen LogP contribution in [0.2, 0.25) is 0 Å². The van der Waals surface area contributed by atoms with E-state index in [-0.39, 0.29) is 11.3 Å². The minimum absolute atomic E-state index is 0.312. The summed E-state index contributed by atoms with van der Waals surface area (Å²) in [5.74, 6) is -1.09. The summed E-state index contributed by atoms with van der Waals surface area (Å²) in [5.41, 5.74) is 2.76. The lowest BCUT2D eigenvalue weighted by Gasteiger charge is -2.14. The molecule has 1 amide bonds. The van der Waals surface area contributed by atoms with Crippen molar-refractivity contribution in [2.75, 3.05) is 0 Å². The predicted molar refractivity (Wildman–Crippen MR) is 104 cm³/mol. The molecule has 0 saturated carbocycles. The summed E-state index contributed by atoms with van der Waals surface area (Å²) in [4.78, 5) is 29.3. The Hall–Kier alpha value is -3.48. The molecule has 0 saturated heterocycles. The van der Waals surface area contributed by atoms with Gasteiger partial charge in [-0.05, 0) is 24.6 Å². The van der Waals surface area contributed by atoms with Gasteiger partial charge in [0.05, 0.1) is 11.7 Å². The number of hydrazone groups is 1. The molecule has 1 aromatic carbocycles. The van der Waals surface area contributed by atoms with E-state index in [1.165, 1.54) is 10.8 Å². The first kappa shape index (κ1) is 18.3. The number of benzene rings is 1. The van der Waals surface area contributed by atoms with Crippen molar-refractivity contribution < 1.29 is 9.90 Å². The Labute approximate surface area is 156 Å². The molecule has 7 heteroatoms. The van der Waals surface area contributed by atoms with Crippen LogP contribution in [-0.2, 0) is 6.54 Å². The summed E-state index contributed by atoms with van der Waals surface area (Å²) in [6.45, 7) is 2.49. The largest absolute Gasteiger partial charge is 0.506 e. The van der Waals surface area contributed by atoms with Crippen LogP contribution in [-0.4, -0.2) is 26.8 Å². The van der Waals surface area contributed by atoms with Gasteiger partial charge in [-0.25, -0.2) is 5.43 Å². The van der Waals surface area contributed by atoms with Crippen LogP contribution in [0.25, 0.3) is 10.9 Å². The number of pyridine rings is 2. The molecular formula is C20H20N4O3. The number of aryl methyl sites for hydroxylation is 1. The molecule has 138 valence electrons. The lowest BCUT2D eigenvalue weighted by atomic mass is 10.1. The molecule has 0 unspecified atom stereocenters. The molecule has 0 aliphatic rings. The molecule has 0 aliphatic heterocycles. The maximum atomic E-state index is 12.9. The Balaban J connectivity index is 1.99. The van der Waals surface area contributed by atoms with Gasteiger partial charge in [0.2, 0.25) is 0 Å². The Bertz CT molecular complexity index is 1040. The van der Waals surface area contributed by atoms with Gasteiger partial charge in [0.15, 0.2) is 0 Å². The van der Waals surface area contributed by atoms with Gasteiger partial charge in [-0.15, -0.1) is 0 Å². The van der Waals surface area contributed by atoms with Gasteiger partial charge in [0, 0.05) is 29.9 Å². The average Bonchev–Trinajstić information content (AvgIpc) is 2.69. The van der Waals surface area contributed by atoms with Crippen LogP contribution >= 0.6 is 0 Å². The SMILES string of the molecule is CCCCn1c(=O)c(C(=O)N/N=C\c2cccnc2)c(O)c2ccccc21. The number of aromatic hydroxyl groups is 1. The minimum atomic E-state index is -0.756. The fourth-order valence-electron chi connectivity index (χ4n) is 2.81. The Morgan fingerprint density at radius 3 is 2.85 bits per heavy atom. The van der Waals surface area contributed by atoms with Gasteiger partial charge in [-0.1, -0.05) is 31.5 Å². The van der Waals surface area contributed by atoms with Crippen LogP contribution in [0, 0.1) is 0 Å². The fraction of sp³-hybridized carbons (Fsp3) is 0.200. The number of carbonyl (C=O) groups excluding carboxylic acids is 1. The maximum Gasteiger partial charge on any atom is 0.280 e. The summed E-state index contributed by atoms with van der Waals surface area (Å²) < 4.78 is 1.53. The number of nitrogens with one attached hydrogen (secondary N) is 1. The smallest absolute Gasteiger partial charge is 0.280 e. The molecule has 3 rings (SSSR count). The molecular weight excluding hydrogens is 344 g/mol. The van der Waals surface area contributed by atoms with Crippen LogP contribution in [0.1, 0.15) is 35.7 Å². The van der Waals surface area contributed by atoms with Gasteiger partial charge in [0.1, 0.15) is 11.3 Å². The Morgan fingerprint density at radius 1 is 1.30 bits per heavy atom. The van der Waals surface area contributed by atoms with Crippen molar-refractivity contribution in [1.82, 2.24) is 15.0 Å². The number of fused-ring (bicyclic) bond motifs is 1. The standard InChI is InChI=1S/C20H20N4O3/c1-2-3-11-24-16-9-5-4-8-15(16)18(25)17(20(24)27)19(26)23-22-13-14-7-6-10-21-12-14/h4-10,12-13,25H,2-3,11H2,1H3,(H,23,26)/b22-13-. The van der Waals surface area contributed by atoms with Crippen molar-refractivity contribution >= 4 is 23.0 Å². The minimum Gasteiger partial charge on any atom is -0.506 e. The average molecular weight is 364 g/mol. The summed E-state index contributed by atoms with van der Waals surface area (Å²) in [5, 5.41) is 14.8. The van der Waals surface area contributed by atoms with Crippen LogP contribution < -0.4 is 11.0 Å². The molecule has 3 aromatic rings. The predicted octanol–water partition coefficient (Wildman–Crippen LogP) is 2.67. The zero-order valence-electron chi connectivity index (χ0n) is 14.9. The van der Waals surface area contributed by atoms with Crippen molar-refractivity contribution in [1.29, 1.82) is 0 Å². The molecule has 2 N–H and O–H groups in total. The second-order valence-corrected chi connectivity index (χ2v) is 6.04. The number of unbranched alkanes of at least 4 members (excludes halogenated alkanes) is 1. The highest BCUT2D eigenvalue weighted by Crippen LogP contribution is 2.26. The molecule has 0 fully saturated rings. The highest BCUT2D eigenvalue weighted by atomic mass is 16.3. The van der Waals surface area contributed by atoms with E-state index in [1.54, 1.807) is 48.8 Å². The summed E-state index contributed by atoms with van der Waals surface area (Å²) in [6.07, 6.45) is 6.31. The Morgan fingerprint density at radius 2 is 2.11 bits per heavy atom. The fourth-order valence-corrected chi connectivity index (χ4v) is 2.81. The number of para-hydroxylation sites is 1. The maximum absolute atomic E-state index is 12.9. The summed E-state index contributed by atoms with van der Waals surface area (Å²) in [6, 6.07) is 10.5. The van der Waals surface area contributed by atoms with E-state index in [2.05, 4.69) is 15.5 Å². The van der Waals surface area contributed by atoms with Crippen LogP contribution in [0.15, 0.2) is 58.7 Å². The summed E-state index contributed by atoms with van der Waals surface area (Å²) in [7, 11) is 0. The van der Waals surface area contributed by atoms with Gasteiger partial charge < -0.3 is 9.67 Å². The van der Waals surface area contributed by atoms with E-state index >= 15 is 0 Å². The first-order chi connectivity index (χ1) is 13.1. The van der Waals surface area contributed by atoms with Crippen molar-refractivity contribution in [3.8, 4) is 5.75 Å². The number of rotatable bonds is 6. The summed E-state index contributed by atoms with van der Waals surface area (Å²) >= 11 is 0. The topological polar surface area (TPSA) is 96.6 Å². The molecule has 0 atom stereocenters. The molecule has 2 heterocycles. The van der Waals surface area contributed by atoms with Crippen LogP contribution in [0.4, 0.5) is 0 Å². The zero-order chi connectivity index (χ0) is 19.2. The number of hydrogen-bond donors (Lipinski definition) is 2. The highest BCUT2D eigenvalue weighted by Gasteiger charge is 2.21. The van der Waals surface area contributed by atoms with E-state index in [9.17, 15) is 14.7 Å². The molecule has 2 aromatic heterocycles. The quantitative estimate of drug-likeness (QED) is 0.519. The monoisotopic (exact) mass is 364 g/mol. The molecule has 0 aliphatic carbocycles. The normalized spacial score (nSPS) is 11.1. The van der Waals surface area contributed by atoms with Gasteiger partial charge in [-0.2, -0.15) is 5.10 Å². The molecule has 7 nitrogen and oxygen atoms in total. The van der Waals surface area contributed by atoms with Gasteiger partial charge in [0.25, 0.3) is 11.5 Å². The second-order valence-electron chi connectivity index (χ2n) is 6.04. The second kappa shape index (κ2) is 8.27. The molecule has 0 radical (unpaired) electrons. The third kappa shape index (κ3) is 3.87. The van der Waals surface area contributed by atoms with Crippen molar-refractivity contribution in [2.24, 2.45) is 5.10 Å². The number of nitrogens with zero attached hydrogens (tertiary/aromatic N) is 3. The van der Waals surface area contributed by atoms with Gasteiger partial charge in [-0.3, -0.25) is 14.6 Å². The third-order valence-corrected chi connectivity index (χ3v) is 4.17. The first-order valence-electron chi connectivity index (χ1n) is 8.71.